The molecule has 1 aliphatic carbocycles. The first-order chi connectivity index (χ1) is 11.3. The molecule has 1 fully saturated rings. The third-order valence-corrected chi connectivity index (χ3v) is 4.90. The molecule has 5 nitrogen and oxygen atoms in total. The second-order valence-corrected chi connectivity index (χ2v) is 6.77. The number of fused-ring (bicyclic) bond motifs is 1. The molecule has 1 aliphatic rings. The molecule has 6 heteroatoms. The number of amides is 1. The third-order valence-electron chi connectivity index (χ3n) is 3.53. The summed E-state index contributed by atoms with van der Waals surface area (Å²) < 4.78 is 5.71. The fourth-order valence-electron chi connectivity index (χ4n) is 2.25. The standard InChI is InChI=1S/C17H15N3O2S/c21-15(10-23-13-6-7-13)19-12-4-1-3-11(9-12)17-20-16-14(22-17)5-2-8-18-16/h1-5,8-9,13H,6-7,10H2,(H,19,21). The highest BCUT2D eigenvalue weighted by atomic mass is 32.2. The number of benzene rings is 1. The normalized spacial score (nSPS) is 14.1. The maximum absolute atomic E-state index is 12.0. The highest BCUT2D eigenvalue weighted by Gasteiger charge is 2.22. The average molecular weight is 325 g/mol. The molecular weight excluding hydrogens is 310 g/mol. The minimum atomic E-state index is 0.0262. The van der Waals surface area contributed by atoms with Gasteiger partial charge in [-0.3, -0.25) is 4.79 Å². The van der Waals surface area contributed by atoms with Gasteiger partial charge >= 0.3 is 0 Å². The first-order valence-corrected chi connectivity index (χ1v) is 8.56. The van der Waals surface area contributed by atoms with Gasteiger partial charge in [-0.15, -0.1) is 11.8 Å². The van der Waals surface area contributed by atoms with Crippen LogP contribution in [0.15, 0.2) is 47.0 Å². The van der Waals surface area contributed by atoms with Gasteiger partial charge in [-0.05, 0) is 43.2 Å². The molecule has 1 N–H and O–H groups in total. The summed E-state index contributed by atoms with van der Waals surface area (Å²) in [7, 11) is 0. The molecular formula is C17H15N3O2S. The molecule has 0 saturated heterocycles. The van der Waals surface area contributed by atoms with Gasteiger partial charge in [0.1, 0.15) is 0 Å². The predicted octanol–water partition coefficient (Wildman–Crippen LogP) is 3.72. The van der Waals surface area contributed by atoms with E-state index in [4.69, 9.17) is 4.42 Å². The first kappa shape index (κ1) is 14.3. The van der Waals surface area contributed by atoms with Crippen LogP contribution in [0.2, 0.25) is 0 Å². The topological polar surface area (TPSA) is 68.0 Å². The number of hydrogen-bond donors (Lipinski definition) is 1. The van der Waals surface area contributed by atoms with Crippen molar-refractivity contribution < 1.29 is 9.21 Å². The van der Waals surface area contributed by atoms with E-state index in [0.29, 0.717) is 28.1 Å². The van der Waals surface area contributed by atoms with Crippen molar-refractivity contribution in [1.29, 1.82) is 0 Å². The number of carbonyl (C=O) groups excluding carboxylic acids is 1. The molecule has 0 atom stereocenters. The van der Waals surface area contributed by atoms with Gasteiger partial charge < -0.3 is 9.73 Å². The third kappa shape index (κ3) is 3.37. The van der Waals surface area contributed by atoms with Crippen LogP contribution in [0.1, 0.15) is 12.8 Å². The Hall–Kier alpha value is -2.34. The van der Waals surface area contributed by atoms with E-state index < -0.39 is 0 Å². The van der Waals surface area contributed by atoms with Gasteiger partial charge in [0.2, 0.25) is 11.8 Å². The Bertz CT molecular complexity index is 825. The minimum absolute atomic E-state index is 0.0262. The van der Waals surface area contributed by atoms with Crippen molar-refractivity contribution in [3.8, 4) is 11.5 Å². The first-order valence-electron chi connectivity index (χ1n) is 7.51. The van der Waals surface area contributed by atoms with Crippen molar-refractivity contribution in [2.45, 2.75) is 18.1 Å². The quantitative estimate of drug-likeness (QED) is 0.774. The SMILES string of the molecule is O=C(CSC1CC1)Nc1cccc(-c2nc3ncccc3o2)c1. The number of nitrogens with one attached hydrogen (secondary N) is 1. The Morgan fingerprint density at radius 2 is 2.22 bits per heavy atom. The molecule has 0 radical (unpaired) electrons. The van der Waals surface area contributed by atoms with Crippen LogP contribution in [0.3, 0.4) is 0 Å². The molecule has 0 unspecified atom stereocenters. The summed E-state index contributed by atoms with van der Waals surface area (Å²) in [6.07, 6.45) is 4.15. The molecule has 0 spiro atoms. The van der Waals surface area contributed by atoms with Gasteiger partial charge in [-0.2, -0.15) is 4.98 Å². The molecule has 1 saturated carbocycles. The Morgan fingerprint density at radius 1 is 1.30 bits per heavy atom. The second kappa shape index (κ2) is 6.04. The Balaban J connectivity index is 1.51. The number of pyridine rings is 1. The summed E-state index contributed by atoms with van der Waals surface area (Å²) in [4.78, 5) is 20.5. The molecule has 1 aromatic carbocycles. The number of carbonyl (C=O) groups is 1. The van der Waals surface area contributed by atoms with E-state index in [9.17, 15) is 4.79 Å². The van der Waals surface area contributed by atoms with E-state index >= 15 is 0 Å². The van der Waals surface area contributed by atoms with Gasteiger partial charge in [-0.25, -0.2) is 4.98 Å². The number of thioether (sulfide) groups is 1. The molecule has 0 bridgehead atoms. The summed E-state index contributed by atoms with van der Waals surface area (Å²) in [5.41, 5.74) is 2.80. The highest BCUT2D eigenvalue weighted by Crippen LogP contribution is 2.33. The van der Waals surface area contributed by atoms with Crippen LogP contribution in [-0.2, 0) is 4.79 Å². The molecule has 23 heavy (non-hydrogen) atoms. The fourth-order valence-corrected chi connectivity index (χ4v) is 3.18. The van der Waals surface area contributed by atoms with Gasteiger partial charge in [-0.1, -0.05) is 6.07 Å². The van der Waals surface area contributed by atoms with Crippen molar-refractivity contribution in [2.24, 2.45) is 0 Å². The second-order valence-electron chi connectivity index (χ2n) is 5.48. The molecule has 4 rings (SSSR count). The Kier molecular flexibility index (Phi) is 3.75. The zero-order chi connectivity index (χ0) is 15.6. The molecule has 1 amide bonds. The summed E-state index contributed by atoms with van der Waals surface area (Å²) in [5, 5.41) is 3.60. The van der Waals surface area contributed by atoms with E-state index in [0.717, 1.165) is 11.3 Å². The van der Waals surface area contributed by atoms with Crippen LogP contribution >= 0.6 is 11.8 Å². The average Bonchev–Trinajstić information content (AvgIpc) is 3.29. The zero-order valence-electron chi connectivity index (χ0n) is 12.4. The number of hydrogen-bond acceptors (Lipinski definition) is 5. The molecule has 2 aromatic heterocycles. The summed E-state index contributed by atoms with van der Waals surface area (Å²) in [6, 6.07) is 11.2. The summed E-state index contributed by atoms with van der Waals surface area (Å²) in [6.45, 7) is 0. The van der Waals surface area contributed by atoms with Crippen LogP contribution in [0.25, 0.3) is 22.7 Å². The van der Waals surface area contributed by atoms with Crippen LogP contribution in [-0.4, -0.2) is 26.9 Å². The minimum Gasteiger partial charge on any atom is -0.434 e. The summed E-state index contributed by atoms with van der Waals surface area (Å²) in [5.74, 6) is 1.03. The fraction of sp³-hybridized carbons (Fsp3) is 0.235. The van der Waals surface area contributed by atoms with Crippen LogP contribution in [0.4, 0.5) is 5.69 Å². The van der Waals surface area contributed by atoms with E-state index in [1.807, 2.05) is 36.4 Å². The lowest BCUT2D eigenvalue weighted by Gasteiger charge is -2.05. The molecule has 116 valence electrons. The molecule has 3 aromatic rings. The van der Waals surface area contributed by atoms with E-state index in [1.165, 1.54) is 12.8 Å². The maximum Gasteiger partial charge on any atom is 0.234 e. The van der Waals surface area contributed by atoms with Crippen molar-refractivity contribution >= 4 is 34.6 Å². The zero-order valence-corrected chi connectivity index (χ0v) is 13.2. The lowest BCUT2D eigenvalue weighted by atomic mass is 10.2. The van der Waals surface area contributed by atoms with Crippen LogP contribution in [0.5, 0.6) is 0 Å². The number of oxazole rings is 1. The van der Waals surface area contributed by atoms with Gasteiger partial charge in [0, 0.05) is 22.7 Å². The van der Waals surface area contributed by atoms with Crippen LogP contribution < -0.4 is 5.32 Å². The lowest BCUT2D eigenvalue weighted by molar-refractivity contribution is -0.113. The monoisotopic (exact) mass is 325 g/mol. The smallest absolute Gasteiger partial charge is 0.234 e. The lowest BCUT2D eigenvalue weighted by Crippen LogP contribution is -2.14. The van der Waals surface area contributed by atoms with Crippen molar-refractivity contribution in [3.05, 3.63) is 42.6 Å². The maximum atomic E-state index is 12.0. The highest BCUT2D eigenvalue weighted by molar-refractivity contribution is 8.00. The van der Waals surface area contributed by atoms with Crippen molar-refractivity contribution in [3.63, 3.8) is 0 Å². The van der Waals surface area contributed by atoms with Gasteiger partial charge in [0.05, 0.1) is 5.75 Å². The van der Waals surface area contributed by atoms with Crippen molar-refractivity contribution in [2.75, 3.05) is 11.1 Å². The number of anilines is 1. The van der Waals surface area contributed by atoms with Gasteiger partial charge in [0.15, 0.2) is 11.2 Å². The number of nitrogens with zero attached hydrogens (tertiary/aromatic N) is 2. The van der Waals surface area contributed by atoms with Gasteiger partial charge in [0.25, 0.3) is 0 Å². The summed E-state index contributed by atoms with van der Waals surface area (Å²) >= 11 is 1.72. The Labute approximate surface area is 137 Å². The predicted molar refractivity (Wildman–Crippen MR) is 91.3 cm³/mol. The number of aromatic nitrogens is 2. The van der Waals surface area contributed by atoms with E-state index in [2.05, 4.69) is 15.3 Å². The largest absolute Gasteiger partial charge is 0.434 e. The Morgan fingerprint density at radius 3 is 3.04 bits per heavy atom. The molecule has 2 heterocycles. The van der Waals surface area contributed by atoms with Crippen molar-refractivity contribution in [1.82, 2.24) is 9.97 Å². The van der Waals surface area contributed by atoms with Crippen LogP contribution in [0, 0.1) is 0 Å². The number of rotatable bonds is 5. The van der Waals surface area contributed by atoms with E-state index in [-0.39, 0.29) is 5.91 Å². The molecule has 0 aliphatic heterocycles. The van der Waals surface area contributed by atoms with E-state index in [1.54, 1.807) is 18.0 Å².